The molecule has 3 heteroatoms. The average Bonchev–Trinajstić information content (AvgIpc) is 2.27. The van der Waals surface area contributed by atoms with Gasteiger partial charge in [-0.2, -0.15) is 0 Å². The predicted molar refractivity (Wildman–Crippen MR) is 75.5 cm³/mol. The van der Waals surface area contributed by atoms with E-state index in [2.05, 4.69) is 0 Å². The van der Waals surface area contributed by atoms with Crippen LogP contribution >= 0.6 is 12.4 Å². The van der Waals surface area contributed by atoms with Gasteiger partial charge in [0.25, 0.3) is 0 Å². The highest BCUT2D eigenvalue weighted by atomic mass is 35.5. The highest BCUT2D eigenvalue weighted by molar-refractivity contribution is 5.98. The summed E-state index contributed by atoms with van der Waals surface area (Å²) in [5.74, 6) is 0.220. The molecule has 0 heterocycles. The van der Waals surface area contributed by atoms with Gasteiger partial charge >= 0.3 is 0 Å². The first-order valence-corrected chi connectivity index (χ1v) is 5.51. The number of hydrogen-bond donors (Lipinski definition) is 0. The second-order valence-corrected chi connectivity index (χ2v) is 4.21. The van der Waals surface area contributed by atoms with Crippen LogP contribution < -0.4 is 0 Å². The van der Waals surface area contributed by atoms with E-state index in [0.29, 0.717) is 6.42 Å². The molecule has 0 aliphatic carbocycles. The van der Waals surface area contributed by atoms with Crippen LogP contribution in [0.1, 0.15) is 18.9 Å². The average molecular weight is 254 g/mol. The van der Waals surface area contributed by atoms with E-state index in [-0.39, 0.29) is 18.2 Å². The van der Waals surface area contributed by atoms with Gasteiger partial charge in [-0.25, -0.2) is 0 Å². The second kappa shape index (κ2) is 8.04. The Labute approximate surface area is 110 Å². The number of hydrogen-bond acceptors (Lipinski definition) is 2. The molecule has 0 radical (unpaired) electrons. The van der Waals surface area contributed by atoms with Crippen LogP contribution in [-0.2, 0) is 4.79 Å². The zero-order chi connectivity index (χ0) is 12.0. The van der Waals surface area contributed by atoms with Gasteiger partial charge in [-0.3, -0.25) is 4.79 Å². The van der Waals surface area contributed by atoms with Crippen LogP contribution in [0, 0.1) is 0 Å². The standard InChI is InChI=1S/C14H19NO.ClH/c1-12(14(16)9-10-15(2)3)11-13-7-5-4-6-8-13;/h4-8,11H,9-10H2,1-3H3;1H. The minimum absolute atomic E-state index is 0. The van der Waals surface area contributed by atoms with Crippen molar-refractivity contribution in [1.82, 2.24) is 4.90 Å². The Morgan fingerprint density at radius 3 is 2.35 bits per heavy atom. The summed E-state index contributed by atoms with van der Waals surface area (Å²) >= 11 is 0. The molecule has 0 aromatic heterocycles. The number of allylic oxidation sites excluding steroid dienone is 1. The van der Waals surface area contributed by atoms with Crippen molar-refractivity contribution >= 4 is 24.3 Å². The molecule has 94 valence electrons. The zero-order valence-corrected chi connectivity index (χ0v) is 11.5. The van der Waals surface area contributed by atoms with E-state index in [1.54, 1.807) is 0 Å². The minimum atomic E-state index is 0. The maximum absolute atomic E-state index is 11.8. The summed E-state index contributed by atoms with van der Waals surface area (Å²) < 4.78 is 0. The Balaban J connectivity index is 0.00000256. The van der Waals surface area contributed by atoms with E-state index in [1.165, 1.54) is 0 Å². The first-order valence-electron chi connectivity index (χ1n) is 5.51. The molecule has 0 N–H and O–H groups in total. The first kappa shape index (κ1) is 15.9. The van der Waals surface area contributed by atoms with E-state index in [4.69, 9.17) is 0 Å². The van der Waals surface area contributed by atoms with E-state index in [0.717, 1.165) is 17.7 Å². The summed E-state index contributed by atoms with van der Waals surface area (Å²) in [5.41, 5.74) is 1.91. The van der Waals surface area contributed by atoms with Gasteiger partial charge < -0.3 is 4.90 Å². The summed E-state index contributed by atoms with van der Waals surface area (Å²) in [7, 11) is 3.95. The lowest BCUT2D eigenvalue weighted by Crippen LogP contribution is -2.16. The lowest BCUT2D eigenvalue weighted by Gasteiger charge is -2.08. The predicted octanol–water partition coefficient (Wildman–Crippen LogP) is 3.03. The number of nitrogens with zero attached hydrogens (tertiary/aromatic N) is 1. The molecular formula is C14H20ClNO. The molecule has 0 saturated carbocycles. The molecular weight excluding hydrogens is 234 g/mol. The van der Waals surface area contributed by atoms with Crippen LogP contribution in [0.15, 0.2) is 35.9 Å². The van der Waals surface area contributed by atoms with E-state index >= 15 is 0 Å². The number of rotatable bonds is 5. The van der Waals surface area contributed by atoms with E-state index in [9.17, 15) is 4.79 Å². The Kier molecular flexibility index (Phi) is 7.51. The quantitative estimate of drug-likeness (QED) is 0.752. The number of ketones is 1. The van der Waals surface area contributed by atoms with Crippen LogP contribution in [0.3, 0.4) is 0 Å². The molecule has 0 bridgehead atoms. The molecule has 0 unspecified atom stereocenters. The Morgan fingerprint density at radius 1 is 1.24 bits per heavy atom. The molecule has 2 nitrogen and oxygen atoms in total. The molecule has 0 aliphatic heterocycles. The van der Waals surface area contributed by atoms with Crippen LogP contribution in [0.4, 0.5) is 0 Å². The Bertz CT molecular complexity index is 371. The molecule has 1 aromatic carbocycles. The van der Waals surface area contributed by atoms with Crippen LogP contribution in [0.25, 0.3) is 6.08 Å². The fourth-order valence-electron chi connectivity index (χ4n) is 1.40. The van der Waals surface area contributed by atoms with Gasteiger partial charge in [0.15, 0.2) is 5.78 Å². The fourth-order valence-corrected chi connectivity index (χ4v) is 1.40. The third-order valence-corrected chi connectivity index (χ3v) is 2.41. The summed E-state index contributed by atoms with van der Waals surface area (Å²) in [6.07, 6.45) is 2.53. The highest BCUT2D eigenvalue weighted by Gasteiger charge is 2.04. The summed E-state index contributed by atoms with van der Waals surface area (Å²) in [5, 5.41) is 0. The third kappa shape index (κ3) is 6.25. The molecule has 0 spiro atoms. The van der Waals surface area contributed by atoms with Crippen molar-refractivity contribution in [3.8, 4) is 0 Å². The van der Waals surface area contributed by atoms with Gasteiger partial charge in [-0.15, -0.1) is 12.4 Å². The number of halogens is 1. The lowest BCUT2D eigenvalue weighted by atomic mass is 10.1. The first-order chi connectivity index (χ1) is 7.59. The molecule has 1 rings (SSSR count). The number of benzene rings is 1. The van der Waals surface area contributed by atoms with Gasteiger partial charge in [0.2, 0.25) is 0 Å². The lowest BCUT2D eigenvalue weighted by molar-refractivity contribution is -0.115. The van der Waals surface area contributed by atoms with Crippen LogP contribution in [-0.4, -0.2) is 31.3 Å². The molecule has 0 aliphatic rings. The fraction of sp³-hybridized carbons (Fsp3) is 0.357. The monoisotopic (exact) mass is 253 g/mol. The van der Waals surface area contributed by atoms with Gasteiger partial charge in [0.05, 0.1) is 0 Å². The SMILES string of the molecule is CC(=Cc1ccccc1)C(=O)CCN(C)C.Cl. The van der Waals surface area contributed by atoms with Crippen LogP contribution in [0.2, 0.25) is 0 Å². The molecule has 17 heavy (non-hydrogen) atoms. The molecule has 0 atom stereocenters. The summed E-state index contributed by atoms with van der Waals surface area (Å²) in [6.45, 7) is 2.68. The smallest absolute Gasteiger partial charge is 0.159 e. The van der Waals surface area contributed by atoms with Gasteiger partial charge in [-0.05, 0) is 38.2 Å². The van der Waals surface area contributed by atoms with Gasteiger partial charge in [-0.1, -0.05) is 30.3 Å². The summed E-state index contributed by atoms with van der Waals surface area (Å²) in [4.78, 5) is 13.8. The molecule has 1 aromatic rings. The minimum Gasteiger partial charge on any atom is -0.309 e. The number of Topliss-reactive ketones (excluding diaryl/α,β-unsaturated/α-hetero) is 1. The normalized spacial score (nSPS) is 11.2. The van der Waals surface area contributed by atoms with Gasteiger partial charge in [0, 0.05) is 13.0 Å². The largest absolute Gasteiger partial charge is 0.309 e. The molecule has 0 amide bonds. The number of carbonyl (C=O) groups excluding carboxylic acids is 1. The van der Waals surface area contributed by atoms with Crippen molar-refractivity contribution in [3.05, 3.63) is 41.5 Å². The maximum atomic E-state index is 11.8. The Morgan fingerprint density at radius 2 is 1.82 bits per heavy atom. The van der Waals surface area contributed by atoms with Crippen molar-refractivity contribution in [1.29, 1.82) is 0 Å². The highest BCUT2D eigenvalue weighted by Crippen LogP contribution is 2.08. The van der Waals surface area contributed by atoms with E-state index < -0.39 is 0 Å². The second-order valence-electron chi connectivity index (χ2n) is 4.21. The van der Waals surface area contributed by atoms with Crippen molar-refractivity contribution < 1.29 is 4.79 Å². The van der Waals surface area contributed by atoms with Crippen molar-refractivity contribution in [2.45, 2.75) is 13.3 Å². The molecule has 0 saturated heterocycles. The van der Waals surface area contributed by atoms with E-state index in [1.807, 2.05) is 62.3 Å². The van der Waals surface area contributed by atoms with Crippen molar-refractivity contribution in [2.75, 3.05) is 20.6 Å². The third-order valence-electron chi connectivity index (χ3n) is 2.41. The van der Waals surface area contributed by atoms with Crippen molar-refractivity contribution in [3.63, 3.8) is 0 Å². The molecule has 0 fully saturated rings. The maximum Gasteiger partial charge on any atom is 0.159 e. The van der Waals surface area contributed by atoms with Crippen LogP contribution in [0.5, 0.6) is 0 Å². The topological polar surface area (TPSA) is 20.3 Å². The zero-order valence-electron chi connectivity index (χ0n) is 10.6. The van der Waals surface area contributed by atoms with Crippen molar-refractivity contribution in [2.24, 2.45) is 0 Å². The Hall–Kier alpha value is -1.12. The van der Waals surface area contributed by atoms with Gasteiger partial charge in [0.1, 0.15) is 0 Å². The summed E-state index contributed by atoms with van der Waals surface area (Å²) in [6, 6.07) is 9.93. The number of carbonyl (C=O) groups is 1.